The molecule has 178 valence electrons. The van der Waals surface area contributed by atoms with Gasteiger partial charge in [-0.1, -0.05) is 36.4 Å². The summed E-state index contributed by atoms with van der Waals surface area (Å²) < 4.78 is 51.1. The highest BCUT2D eigenvalue weighted by Crippen LogP contribution is 2.44. The first-order valence-electron chi connectivity index (χ1n) is 12.1. The lowest BCUT2D eigenvalue weighted by Crippen LogP contribution is -2.22. The number of halogens is 4. The van der Waals surface area contributed by atoms with Crippen LogP contribution in [0.3, 0.4) is 0 Å². The smallest absolute Gasteiger partial charge is 0.195 e. The van der Waals surface area contributed by atoms with Crippen LogP contribution in [-0.2, 0) is 6.18 Å². The molecule has 0 radical (unpaired) electrons. The molecule has 33 heavy (non-hydrogen) atoms. The maximum Gasteiger partial charge on any atom is 0.416 e. The standard InChI is InChI=1S/C28H33F4N/c1-20(22-9-7-21(8-10-22)5-3-2-4-6-27(29)19-33)23-11-13-24(14-12-23)25-15-17-26(18-16-25)28(30,31)32/h2,4,6,15-18,21-24H,1,3,5,7-14H2/b4-2+,27-6-/t21-,22-,23-,24-. The van der Waals surface area contributed by atoms with E-state index in [0.29, 0.717) is 23.7 Å². The molecule has 2 aliphatic rings. The molecule has 0 amide bonds. The lowest BCUT2D eigenvalue weighted by atomic mass is 9.69. The van der Waals surface area contributed by atoms with Gasteiger partial charge in [0, 0.05) is 0 Å². The second-order valence-corrected chi connectivity index (χ2v) is 9.59. The van der Waals surface area contributed by atoms with E-state index < -0.39 is 17.6 Å². The van der Waals surface area contributed by atoms with E-state index in [4.69, 9.17) is 5.26 Å². The van der Waals surface area contributed by atoms with Crippen molar-refractivity contribution in [2.45, 2.75) is 76.3 Å². The van der Waals surface area contributed by atoms with E-state index in [1.54, 1.807) is 18.2 Å². The second-order valence-electron chi connectivity index (χ2n) is 9.59. The molecule has 0 bridgehead atoms. The monoisotopic (exact) mass is 459 g/mol. The predicted octanol–water partition coefficient (Wildman–Crippen LogP) is 9.06. The number of alkyl halides is 3. The molecular formula is C28H33F4N. The van der Waals surface area contributed by atoms with E-state index in [0.717, 1.165) is 44.1 Å². The van der Waals surface area contributed by atoms with E-state index in [9.17, 15) is 17.6 Å². The van der Waals surface area contributed by atoms with E-state index >= 15 is 0 Å². The van der Waals surface area contributed by atoms with Crippen molar-refractivity contribution < 1.29 is 17.6 Å². The number of nitrogens with zero attached hydrogens (tertiary/aromatic N) is 1. The Morgan fingerprint density at radius 2 is 1.55 bits per heavy atom. The van der Waals surface area contributed by atoms with E-state index in [1.165, 1.54) is 55.5 Å². The van der Waals surface area contributed by atoms with Crippen LogP contribution in [-0.4, -0.2) is 0 Å². The van der Waals surface area contributed by atoms with Crippen LogP contribution in [0.1, 0.15) is 81.3 Å². The normalized spacial score (nSPS) is 26.8. The lowest BCUT2D eigenvalue weighted by Gasteiger charge is -2.36. The molecule has 2 saturated carbocycles. The summed E-state index contributed by atoms with van der Waals surface area (Å²) in [7, 11) is 0. The first kappa shape index (κ1) is 25.3. The summed E-state index contributed by atoms with van der Waals surface area (Å²) in [4.78, 5) is 0. The zero-order valence-electron chi connectivity index (χ0n) is 19.1. The van der Waals surface area contributed by atoms with Crippen LogP contribution in [0.5, 0.6) is 0 Å². The quantitative estimate of drug-likeness (QED) is 0.173. The first-order chi connectivity index (χ1) is 15.8. The average Bonchev–Trinajstić information content (AvgIpc) is 2.83. The van der Waals surface area contributed by atoms with E-state index in [-0.39, 0.29) is 0 Å². The minimum absolute atomic E-state index is 0.344. The van der Waals surface area contributed by atoms with Crippen LogP contribution in [0, 0.1) is 29.1 Å². The third kappa shape index (κ3) is 7.32. The highest BCUT2D eigenvalue weighted by atomic mass is 19.4. The third-order valence-corrected chi connectivity index (χ3v) is 7.56. The van der Waals surface area contributed by atoms with Crippen molar-refractivity contribution in [2.24, 2.45) is 17.8 Å². The highest BCUT2D eigenvalue weighted by Gasteiger charge is 2.32. The minimum Gasteiger partial charge on any atom is -0.195 e. The molecule has 0 aromatic heterocycles. The van der Waals surface area contributed by atoms with Gasteiger partial charge >= 0.3 is 6.18 Å². The zero-order valence-corrected chi connectivity index (χ0v) is 19.1. The highest BCUT2D eigenvalue weighted by molar-refractivity contribution is 5.28. The van der Waals surface area contributed by atoms with Crippen molar-refractivity contribution in [2.75, 3.05) is 0 Å². The molecule has 5 heteroatoms. The van der Waals surface area contributed by atoms with Crippen molar-refractivity contribution in [1.29, 1.82) is 5.26 Å². The van der Waals surface area contributed by atoms with Gasteiger partial charge in [0.1, 0.15) is 6.07 Å². The number of allylic oxidation sites excluding steroid dienone is 5. The van der Waals surface area contributed by atoms with Gasteiger partial charge in [-0.05, 0) is 112 Å². The SMILES string of the molecule is C=C([C@H]1CC[C@H](CC/C=C/C=C(\F)C#N)CC1)[C@H]1CC[C@H](c2ccc(C(F)(F)F)cc2)CC1. The topological polar surface area (TPSA) is 23.8 Å². The van der Waals surface area contributed by atoms with Crippen molar-refractivity contribution >= 4 is 0 Å². The lowest BCUT2D eigenvalue weighted by molar-refractivity contribution is -0.137. The Balaban J connectivity index is 1.39. The minimum atomic E-state index is -4.28. The van der Waals surface area contributed by atoms with Crippen molar-refractivity contribution in [1.82, 2.24) is 0 Å². The summed E-state index contributed by atoms with van der Waals surface area (Å²) in [6.07, 6.45) is 11.4. The molecule has 2 fully saturated rings. The number of hydrogen-bond acceptors (Lipinski definition) is 1. The Morgan fingerprint density at radius 1 is 0.970 bits per heavy atom. The third-order valence-electron chi connectivity index (χ3n) is 7.56. The van der Waals surface area contributed by atoms with Crippen molar-refractivity contribution in [3.05, 3.63) is 71.6 Å². The average molecular weight is 460 g/mol. The molecule has 0 N–H and O–H groups in total. The molecule has 3 rings (SSSR count). The van der Waals surface area contributed by atoms with Crippen LogP contribution >= 0.6 is 0 Å². The molecule has 0 atom stereocenters. The fourth-order valence-electron chi connectivity index (χ4n) is 5.51. The summed E-state index contributed by atoms with van der Waals surface area (Å²) in [5, 5.41) is 8.39. The van der Waals surface area contributed by atoms with E-state index in [1.807, 2.05) is 6.08 Å². The van der Waals surface area contributed by atoms with Crippen LogP contribution in [0.2, 0.25) is 0 Å². The van der Waals surface area contributed by atoms with Crippen LogP contribution in [0.15, 0.2) is 60.5 Å². The Labute approximate surface area is 194 Å². The summed E-state index contributed by atoms with van der Waals surface area (Å²) in [5.74, 6) is 1.38. The first-order valence-corrected chi connectivity index (χ1v) is 12.1. The maximum atomic E-state index is 12.8. The van der Waals surface area contributed by atoms with Gasteiger partial charge in [0.25, 0.3) is 0 Å². The Kier molecular flexibility index (Phi) is 8.95. The van der Waals surface area contributed by atoms with Crippen LogP contribution < -0.4 is 0 Å². The molecular weight excluding hydrogens is 426 g/mol. The number of hydrogen-bond donors (Lipinski definition) is 0. The van der Waals surface area contributed by atoms with Gasteiger partial charge in [0.15, 0.2) is 5.83 Å². The fraction of sp³-hybridized carbons (Fsp3) is 0.536. The zero-order chi connectivity index (χ0) is 23.8. The van der Waals surface area contributed by atoms with Crippen molar-refractivity contribution in [3.63, 3.8) is 0 Å². The van der Waals surface area contributed by atoms with Gasteiger partial charge in [-0.2, -0.15) is 22.8 Å². The molecule has 1 nitrogen and oxygen atoms in total. The van der Waals surface area contributed by atoms with Crippen molar-refractivity contribution in [3.8, 4) is 6.07 Å². The van der Waals surface area contributed by atoms with Crippen LogP contribution in [0.25, 0.3) is 0 Å². The summed E-state index contributed by atoms with van der Waals surface area (Å²) in [6.45, 7) is 4.47. The molecule has 0 heterocycles. The van der Waals surface area contributed by atoms with Gasteiger partial charge in [-0.25, -0.2) is 0 Å². The summed E-state index contributed by atoms with van der Waals surface area (Å²) >= 11 is 0. The molecule has 0 aliphatic heterocycles. The molecule has 0 saturated heterocycles. The van der Waals surface area contributed by atoms with Gasteiger partial charge in [-0.15, -0.1) is 0 Å². The van der Waals surface area contributed by atoms with E-state index in [2.05, 4.69) is 6.58 Å². The Morgan fingerprint density at radius 3 is 2.09 bits per heavy atom. The Hall–Kier alpha value is -2.35. The maximum absolute atomic E-state index is 12.8. The molecule has 1 aromatic rings. The summed E-state index contributed by atoms with van der Waals surface area (Å²) in [6, 6.07) is 7.17. The number of nitriles is 1. The number of benzene rings is 1. The fourth-order valence-corrected chi connectivity index (χ4v) is 5.51. The second kappa shape index (κ2) is 11.7. The van der Waals surface area contributed by atoms with Gasteiger partial charge < -0.3 is 0 Å². The largest absolute Gasteiger partial charge is 0.416 e. The van der Waals surface area contributed by atoms with Gasteiger partial charge in [-0.3, -0.25) is 0 Å². The molecule has 2 aliphatic carbocycles. The number of rotatable bonds is 7. The van der Waals surface area contributed by atoms with Gasteiger partial charge in [0.2, 0.25) is 0 Å². The van der Waals surface area contributed by atoms with Crippen LogP contribution in [0.4, 0.5) is 17.6 Å². The summed E-state index contributed by atoms with van der Waals surface area (Å²) in [5.41, 5.74) is 1.83. The molecule has 1 aromatic carbocycles. The molecule has 0 unspecified atom stereocenters. The predicted molar refractivity (Wildman–Crippen MR) is 124 cm³/mol. The van der Waals surface area contributed by atoms with Gasteiger partial charge in [0.05, 0.1) is 5.56 Å². The molecule has 0 spiro atoms. The Bertz CT molecular complexity index is 872.